The summed E-state index contributed by atoms with van der Waals surface area (Å²) in [7, 11) is -3.10. The van der Waals surface area contributed by atoms with E-state index in [0.717, 1.165) is 16.7 Å². The number of ether oxygens (including phenoxy) is 2. The summed E-state index contributed by atoms with van der Waals surface area (Å²) in [5, 5.41) is 5.56. The summed E-state index contributed by atoms with van der Waals surface area (Å²) in [5.74, 6) is -0.462. The highest BCUT2D eigenvalue weighted by molar-refractivity contribution is 7.93. The molecule has 0 spiro atoms. The minimum absolute atomic E-state index is 0.269. The van der Waals surface area contributed by atoms with Crippen molar-refractivity contribution in [3.05, 3.63) is 77.9 Å². The SMILES string of the molecule is Cc1ccc(-c2ccc(NC(=O)OC(C)(C)C)c(NC(=O)c3ccc(S(C)(=O)=NC(=O)OC(C)(C)C)cc3)c2)cc1. The summed E-state index contributed by atoms with van der Waals surface area (Å²) in [6.45, 7) is 12.3. The van der Waals surface area contributed by atoms with E-state index in [1.54, 1.807) is 53.7 Å². The summed E-state index contributed by atoms with van der Waals surface area (Å²) in [6, 6.07) is 19.2. The van der Waals surface area contributed by atoms with Crippen LogP contribution in [0.25, 0.3) is 11.1 Å². The van der Waals surface area contributed by atoms with Crippen molar-refractivity contribution >= 4 is 39.2 Å². The Morgan fingerprint density at radius 2 is 1.29 bits per heavy atom. The van der Waals surface area contributed by atoms with Crippen LogP contribution in [0.15, 0.2) is 76.0 Å². The number of nitrogens with zero attached hydrogens (tertiary/aromatic N) is 1. The molecule has 3 aromatic carbocycles. The van der Waals surface area contributed by atoms with E-state index in [2.05, 4.69) is 15.0 Å². The van der Waals surface area contributed by atoms with Gasteiger partial charge in [0.2, 0.25) is 0 Å². The number of amides is 3. The van der Waals surface area contributed by atoms with Gasteiger partial charge in [-0.1, -0.05) is 35.9 Å². The second-order valence-corrected chi connectivity index (χ2v) is 13.9. The van der Waals surface area contributed by atoms with Crippen LogP contribution in [-0.4, -0.2) is 39.8 Å². The summed E-state index contributed by atoms with van der Waals surface area (Å²) in [5.41, 5.74) is 2.39. The molecule has 0 aromatic heterocycles. The molecule has 0 aliphatic heterocycles. The Balaban J connectivity index is 1.89. The second-order valence-electron chi connectivity index (χ2n) is 11.6. The number of carbonyl (C=O) groups is 3. The summed E-state index contributed by atoms with van der Waals surface area (Å²) < 4.78 is 27.3. The van der Waals surface area contributed by atoms with Gasteiger partial charge in [-0.25, -0.2) is 13.8 Å². The molecule has 0 aliphatic carbocycles. The quantitative estimate of drug-likeness (QED) is 0.320. The number of hydrogen-bond donors (Lipinski definition) is 2. The molecule has 0 aliphatic rings. The first-order valence-corrected chi connectivity index (χ1v) is 14.9. The number of rotatable bonds is 5. The Morgan fingerprint density at radius 3 is 1.85 bits per heavy atom. The topological polar surface area (TPSA) is 123 Å². The predicted molar refractivity (Wildman–Crippen MR) is 162 cm³/mol. The Morgan fingerprint density at radius 1 is 0.732 bits per heavy atom. The Kier molecular flexibility index (Phi) is 9.28. The molecule has 0 heterocycles. The van der Waals surface area contributed by atoms with Crippen molar-refractivity contribution in [1.82, 2.24) is 0 Å². The van der Waals surface area contributed by atoms with Crippen LogP contribution >= 0.6 is 0 Å². The van der Waals surface area contributed by atoms with E-state index in [-0.39, 0.29) is 10.5 Å². The maximum absolute atomic E-state index is 13.2. The normalized spacial score (nSPS) is 13.0. The molecule has 0 saturated carbocycles. The molecule has 0 radical (unpaired) electrons. The van der Waals surface area contributed by atoms with Crippen LogP contribution in [-0.2, 0) is 19.2 Å². The van der Waals surface area contributed by atoms with E-state index in [9.17, 15) is 18.6 Å². The highest BCUT2D eigenvalue weighted by Crippen LogP contribution is 2.30. The maximum Gasteiger partial charge on any atom is 0.442 e. The predicted octanol–water partition coefficient (Wildman–Crippen LogP) is 7.65. The Labute approximate surface area is 241 Å². The van der Waals surface area contributed by atoms with Crippen LogP contribution in [0.1, 0.15) is 57.5 Å². The van der Waals surface area contributed by atoms with Crippen LogP contribution in [0.5, 0.6) is 0 Å². The number of nitrogens with one attached hydrogen (secondary N) is 2. The minimum Gasteiger partial charge on any atom is -0.444 e. The molecule has 41 heavy (non-hydrogen) atoms. The molecule has 3 amide bonds. The average Bonchev–Trinajstić information content (AvgIpc) is 2.83. The van der Waals surface area contributed by atoms with E-state index >= 15 is 0 Å². The van der Waals surface area contributed by atoms with Gasteiger partial charge in [-0.15, -0.1) is 4.36 Å². The molecular weight excluding hydrogens is 542 g/mol. The lowest BCUT2D eigenvalue weighted by atomic mass is 10.0. The average molecular weight is 580 g/mol. The summed E-state index contributed by atoms with van der Waals surface area (Å²) in [4.78, 5) is 38.1. The van der Waals surface area contributed by atoms with Gasteiger partial charge in [0.15, 0.2) is 0 Å². The molecule has 1 unspecified atom stereocenters. The highest BCUT2D eigenvalue weighted by Gasteiger charge is 2.20. The van der Waals surface area contributed by atoms with Crippen molar-refractivity contribution in [3.63, 3.8) is 0 Å². The van der Waals surface area contributed by atoms with Crippen molar-refractivity contribution in [2.24, 2.45) is 4.36 Å². The molecular formula is C31H37N3O6S. The third-order valence-corrected chi connectivity index (χ3v) is 7.13. The first-order valence-electron chi connectivity index (χ1n) is 13.0. The van der Waals surface area contributed by atoms with Crippen LogP contribution in [0.2, 0.25) is 0 Å². The molecule has 9 nitrogen and oxygen atoms in total. The van der Waals surface area contributed by atoms with Gasteiger partial charge in [-0.3, -0.25) is 10.1 Å². The van der Waals surface area contributed by atoms with Gasteiger partial charge in [0, 0.05) is 16.7 Å². The number of anilines is 2. The van der Waals surface area contributed by atoms with E-state index < -0.39 is 39.0 Å². The molecule has 0 fully saturated rings. The standard InChI is InChI=1S/C31H37N3O6S/c1-20-9-11-21(12-10-20)23-15-18-25(33-28(36)39-30(2,3)4)26(19-23)32-27(35)22-13-16-24(17-14-22)41(8,38)34-29(37)40-31(5,6)7/h9-19H,1-8H3,(H,32,35)(H,33,36). The molecule has 0 saturated heterocycles. The molecule has 218 valence electrons. The van der Waals surface area contributed by atoms with E-state index in [1.807, 2.05) is 37.3 Å². The van der Waals surface area contributed by atoms with Gasteiger partial charge in [0.05, 0.1) is 21.1 Å². The molecule has 3 aromatic rings. The van der Waals surface area contributed by atoms with Crippen LogP contribution in [0.4, 0.5) is 21.0 Å². The lowest BCUT2D eigenvalue weighted by molar-refractivity contribution is 0.0603. The van der Waals surface area contributed by atoms with Gasteiger partial charge in [0.1, 0.15) is 11.2 Å². The van der Waals surface area contributed by atoms with Gasteiger partial charge in [-0.05, 0) is 96.0 Å². The molecule has 2 N–H and O–H groups in total. The highest BCUT2D eigenvalue weighted by atomic mass is 32.2. The van der Waals surface area contributed by atoms with Gasteiger partial charge >= 0.3 is 12.2 Å². The minimum atomic E-state index is -3.10. The van der Waals surface area contributed by atoms with Crippen molar-refractivity contribution < 1.29 is 28.1 Å². The zero-order valence-electron chi connectivity index (χ0n) is 24.7. The molecule has 10 heteroatoms. The largest absolute Gasteiger partial charge is 0.444 e. The van der Waals surface area contributed by atoms with Gasteiger partial charge in [0.25, 0.3) is 5.91 Å². The van der Waals surface area contributed by atoms with Crippen molar-refractivity contribution in [2.75, 3.05) is 16.9 Å². The van der Waals surface area contributed by atoms with Gasteiger partial charge in [-0.2, -0.15) is 0 Å². The van der Waals surface area contributed by atoms with E-state index in [0.29, 0.717) is 11.4 Å². The van der Waals surface area contributed by atoms with Crippen molar-refractivity contribution in [1.29, 1.82) is 0 Å². The summed E-state index contributed by atoms with van der Waals surface area (Å²) in [6.07, 6.45) is -0.255. The van der Waals surface area contributed by atoms with Crippen LogP contribution in [0, 0.1) is 6.92 Å². The monoisotopic (exact) mass is 579 g/mol. The Hall–Kier alpha value is -4.18. The third-order valence-electron chi connectivity index (χ3n) is 5.48. The van der Waals surface area contributed by atoms with E-state index in [1.165, 1.54) is 30.5 Å². The fourth-order valence-electron chi connectivity index (χ4n) is 3.62. The number of benzene rings is 3. The summed E-state index contributed by atoms with van der Waals surface area (Å²) >= 11 is 0. The smallest absolute Gasteiger partial charge is 0.442 e. The first kappa shape index (κ1) is 31.3. The molecule has 0 bridgehead atoms. The first-order chi connectivity index (χ1) is 18.9. The fourth-order valence-corrected chi connectivity index (χ4v) is 4.69. The zero-order valence-corrected chi connectivity index (χ0v) is 25.5. The van der Waals surface area contributed by atoms with Crippen LogP contribution < -0.4 is 10.6 Å². The molecule has 1 atom stereocenters. The van der Waals surface area contributed by atoms with Crippen molar-refractivity contribution in [3.8, 4) is 11.1 Å². The zero-order chi connectivity index (χ0) is 30.6. The molecule has 3 rings (SSSR count). The third kappa shape index (κ3) is 9.46. The van der Waals surface area contributed by atoms with Crippen molar-refractivity contribution in [2.45, 2.75) is 64.6 Å². The van der Waals surface area contributed by atoms with Crippen LogP contribution in [0.3, 0.4) is 0 Å². The number of aryl methyl sites for hydroxylation is 1. The Bertz CT molecular complexity index is 1560. The fraction of sp³-hybridized carbons (Fsp3) is 0.323. The number of carbonyl (C=O) groups excluding carboxylic acids is 3. The lowest BCUT2D eigenvalue weighted by Crippen LogP contribution is -2.27. The lowest BCUT2D eigenvalue weighted by Gasteiger charge is -2.21. The second kappa shape index (κ2) is 12.1. The maximum atomic E-state index is 13.2. The number of hydrogen-bond acceptors (Lipinski definition) is 6. The van der Waals surface area contributed by atoms with Gasteiger partial charge < -0.3 is 14.8 Å². The van der Waals surface area contributed by atoms with E-state index in [4.69, 9.17) is 9.47 Å².